The first kappa shape index (κ1) is 15.3. The molecule has 1 N–H and O–H groups in total. The van der Waals surface area contributed by atoms with Crippen molar-refractivity contribution in [2.24, 2.45) is 0 Å². The Labute approximate surface area is 110 Å². The minimum atomic E-state index is -0.339. The number of hydrogen-bond acceptors (Lipinski definition) is 4. The Morgan fingerprint density at radius 3 is 2.59 bits per heavy atom. The molecular formula is C13H27NO2S. The van der Waals surface area contributed by atoms with Gasteiger partial charge in [0.1, 0.15) is 0 Å². The molecule has 0 aromatic rings. The van der Waals surface area contributed by atoms with Crippen molar-refractivity contribution in [1.82, 2.24) is 4.90 Å². The van der Waals surface area contributed by atoms with Gasteiger partial charge in [0.2, 0.25) is 0 Å². The third-order valence-electron chi connectivity index (χ3n) is 2.92. The summed E-state index contributed by atoms with van der Waals surface area (Å²) >= 11 is 2.04. The Balaban J connectivity index is 2.14. The largest absolute Gasteiger partial charge is 0.389 e. The summed E-state index contributed by atoms with van der Waals surface area (Å²) in [5, 5.41) is 11.2. The predicted octanol–water partition coefficient (Wildman–Crippen LogP) is 1.99. The van der Waals surface area contributed by atoms with Crippen molar-refractivity contribution in [2.45, 2.75) is 50.2 Å². The SMILES string of the molecule is CCCCOCC(O)CN1CC(C)SC(C)C1. The number of thioether (sulfide) groups is 1. The maximum absolute atomic E-state index is 9.90. The molecule has 102 valence electrons. The summed E-state index contributed by atoms with van der Waals surface area (Å²) in [5.74, 6) is 0. The van der Waals surface area contributed by atoms with E-state index in [0.29, 0.717) is 17.1 Å². The highest BCUT2D eigenvalue weighted by Gasteiger charge is 2.23. The minimum absolute atomic E-state index is 0.339. The van der Waals surface area contributed by atoms with Gasteiger partial charge in [0.05, 0.1) is 12.7 Å². The van der Waals surface area contributed by atoms with E-state index in [1.165, 1.54) is 0 Å². The highest BCUT2D eigenvalue weighted by Crippen LogP contribution is 2.24. The maximum Gasteiger partial charge on any atom is 0.0900 e. The quantitative estimate of drug-likeness (QED) is 0.711. The molecule has 1 saturated heterocycles. The second-order valence-electron chi connectivity index (χ2n) is 5.06. The predicted molar refractivity (Wildman–Crippen MR) is 74.7 cm³/mol. The van der Waals surface area contributed by atoms with Crippen molar-refractivity contribution in [1.29, 1.82) is 0 Å². The van der Waals surface area contributed by atoms with E-state index in [4.69, 9.17) is 4.74 Å². The van der Waals surface area contributed by atoms with Crippen LogP contribution in [0.5, 0.6) is 0 Å². The molecule has 0 aromatic heterocycles. The molecular weight excluding hydrogens is 234 g/mol. The Bertz CT molecular complexity index is 194. The standard InChI is InChI=1S/C13H27NO2S/c1-4-5-6-16-10-13(15)9-14-7-11(2)17-12(3)8-14/h11-13,15H,4-10H2,1-3H3. The summed E-state index contributed by atoms with van der Waals surface area (Å²) in [5.41, 5.74) is 0. The number of aliphatic hydroxyl groups excluding tert-OH is 1. The summed E-state index contributed by atoms with van der Waals surface area (Å²) in [6, 6.07) is 0. The monoisotopic (exact) mass is 261 g/mol. The topological polar surface area (TPSA) is 32.7 Å². The number of ether oxygens (including phenoxy) is 1. The van der Waals surface area contributed by atoms with Crippen LogP contribution in [0.15, 0.2) is 0 Å². The molecule has 0 spiro atoms. The fraction of sp³-hybridized carbons (Fsp3) is 1.00. The molecule has 0 aliphatic carbocycles. The van der Waals surface area contributed by atoms with Gasteiger partial charge in [-0.3, -0.25) is 4.90 Å². The van der Waals surface area contributed by atoms with E-state index in [1.54, 1.807) is 0 Å². The van der Waals surface area contributed by atoms with E-state index in [1.807, 2.05) is 11.8 Å². The van der Waals surface area contributed by atoms with Crippen LogP contribution < -0.4 is 0 Å². The van der Waals surface area contributed by atoms with Crippen LogP contribution in [0.2, 0.25) is 0 Å². The van der Waals surface area contributed by atoms with Gasteiger partial charge in [-0.1, -0.05) is 27.2 Å². The molecule has 0 radical (unpaired) electrons. The van der Waals surface area contributed by atoms with Gasteiger partial charge < -0.3 is 9.84 Å². The molecule has 3 atom stereocenters. The normalized spacial score (nSPS) is 28.2. The van der Waals surface area contributed by atoms with Gasteiger partial charge in [0, 0.05) is 36.7 Å². The third kappa shape index (κ3) is 6.65. The summed E-state index contributed by atoms with van der Waals surface area (Å²) in [6.45, 7) is 10.8. The molecule has 0 saturated carbocycles. The minimum Gasteiger partial charge on any atom is -0.389 e. The van der Waals surface area contributed by atoms with E-state index in [-0.39, 0.29) is 6.10 Å². The number of nitrogens with zero attached hydrogens (tertiary/aromatic N) is 1. The van der Waals surface area contributed by atoms with Gasteiger partial charge in [-0.2, -0.15) is 11.8 Å². The lowest BCUT2D eigenvalue weighted by Gasteiger charge is -2.35. The molecule has 1 heterocycles. The summed E-state index contributed by atoms with van der Waals surface area (Å²) in [7, 11) is 0. The average Bonchev–Trinajstić information content (AvgIpc) is 2.23. The lowest BCUT2D eigenvalue weighted by Crippen LogP contribution is -2.44. The Morgan fingerprint density at radius 1 is 1.35 bits per heavy atom. The van der Waals surface area contributed by atoms with Crippen LogP contribution in [0, 0.1) is 0 Å². The van der Waals surface area contributed by atoms with E-state index in [0.717, 1.165) is 39.1 Å². The molecule has 1 rings (SSSR count). The van der Waals surface area contributed by atoms with E-state index < -0.39 is 0 Å². The summed E-state index contributed by atoms with van der Waals surface area (Å²) in [6.07, 6.45) is 1.89. The number of aliphatic hydroxyl groups is 1. The molecule has 4 heteroatoms. The fourth-order valence-corrected chi connectivity index (χ4v) is 3.64. The zero-order valence-corrected chi connectivity index (χ0v) is 12.2. The van der Waals surface area contributed by atoms with Crippen LogP contribution >= 0.6 is 11.8 Å². The molecule has 0 aromatic carbocycles. The first-order valence-corrected chi connectivity index (χ1v) is 7.69. The molecule has 1 aliphatic rings. The van der Waals surface area contributed by atoms with Crippen molar-refractivity contribution in [3.05, 3.63) is 0 Å². The van der Waals surface area contributed by atoms with Gasteiger partial charge in [-0.25, -0.2) is 0 Å². The van der Waals surface area contributed by atoms with Crippen molar-refractivity contribution in [2.75, 3.05) is 32.8 Å². The number of β-amino-alcohol motifs (C(OH)–C–C–N with tert-alkyl or cyclic N) is 1. The molecule has 1 aliphatic heterocycles. The Hall–Kier alpha value is 0.230. The van der Waals surface area contributed by atoms with Crippen LogP contribution in [-0.4, -0.2) is 59.5 Å². The van der Waals surface area contributed by atoms with Crippen LogP contribution in [0.4, 0.5) is 0 Å². The zero-order chi connectivity index (χ0) is 12.7. The molecule has 1 fully saturated rings. The highest BCUT2D eigenvalue weighted by atomic mass is 32.2. The van der Waals surface area contributed by atoms with Crippen LogP contribution in [0.3, 0.4) is 0 Å². The van der Waals surface area contributed by atoms with Gasteiger partial charge in [0.25, 0.3) is 0 Å². The number of hydrogen-bond donors (Lipinski definition) is 1. The first-order valence-electron chi connectivity index (χ1n) is 6.75. The van der Waals surface area contributed by atoms with Crippen LogP contribution in [-0.2, 0) is 4.74 Å². The van der Waals surface area contributed by atoms with Gasteiger partial charge in [-0.15, -0.1) is 0 Å². The molecule has 17 heavy (non-hydrogen) atoms. The second-order valence-corrected chi connectivity index (χ2v) is 6.94. The molecule has 0 amide bonds. The van der Waals surface area contributed by atoms with E-state index >= 15 is 0 Å². The van der Waals surface area contributed by atoms with Gasteiger partial charge in [0.15, 0.2) is 0 Å². The third-order valence-corrected chi connectivity index (χ3v) is 4.14. The van der Waals surface area contributed by atoms with Crippen LogP contribution in [0.1, 0.15) is 33.6 Å². The highest BCUT2D eigenvalue weighted by molar-refractivity contribution is 8.00. The van der Waals surface area contributed by atoms with Gasteiger partial charge in [-0.05, 0) is 6.42 Å². The lowest BCUT2D eigenvalue weighted by atomic mass is 10.2. The zero-order valence-electron chi connectivity index (χ0n) is 11.4. The first-order chi connectivity index (χ1) is 8.11. The maximum atomic E-state index is 9.90. The van der Waals surface area contributed by atoms with Crippen molar-refractivity contribution < 1.29 is 9.84 Å². The lowest BCUT2D eigenvalue weighted by molar-refractivity contribution is 0.0156. The molecule has 0 bridgehead atoms. The Kier molecular flexibility index (Phi) is 7.51. The fourth-order valence-electron chi connectivity index (χ4n) is 2.25. The summed E-state index contributed by atoms with van der Waals surface area (Å²) < 4.78 is 5.45. The average molecular weight is 261 g/mol. The van der Waals surface area contributed by atoms with Crippen molar-refractivity contribution in [3.8, 4) is 0 Å². The smallest absolute Gasteiger partial charge is 0.0900 e. The second kappa shape index (κ2) is 8.35. The van der Waals surface area contributed by atoms with Crippen molar-refractivity contribution >= 4 is 11.8 Å². The van der Waals surface area contributed by atoms with Gasteiger partial charge >= 0.3 is 0 Å². The van der Waals surface area contributed by atoms with E-state index in [2.05, 4.69) is 25.7 Å². The van der Waals surface area contributed by atoms with Crippen molar-refractivity contribution in [3.63, 3.8) is 0 Å². The molecule has 3 nitrogen and oxygen atoms in total. The number of rotatable bonds is 7. The Morgan fingerprint density at radius 2 is 2.00 bits per heavy atom. The number of unbranched alkanes of at least 4 members (excludes halogenated alkanes) is 1. The van der Waals surface area contributed by atoms with Crippen LogP contribution in [0.25, 0.3) is 0 Å². The summed E-state index contributed by atoms with van der Waals surface area (Å²) in [4.78, 5) is 2.36. The molecule has 3 unspecified atom stereocenters. The van der Waals surface area contributed by atoms with E-state index in [9.17, 15) is 5.11 Å².